The van der Waals surface area contributed by atoms with Gasteiger partial charge in [-0.25, -0.2) is 23.3 Å². The molecule has 0 spiro atoms. The minimum Gasteiger partial charge on any atom is -0.353 e. The fraction of sp³-hybridized carbons (Fsp3) is 0.455. The van der Waals surface area contributed by atoms with Gasteiger partial charge in [-0.1, -0.05) is 6.42 Å². The molecule has 4 aliphatic rings. The van der Waals surface area contributed by atoms with Crippen LogP contribution in [0.3, 0.4) is 0 Å². The number of benzene rings is 1. The van der Waals surface area contributed by atoms with Crippen molar-refractivity contribution in [1.29, 1.82) is 0 Å². The molecule has 1 N–H and O–H groups in total. The van der Waals surface area contributed by atoms with E-state index >= 15 is 0 Å². The molecule has 8 nitrogen and oxygen atoms in total. The van der Waals surface area contributed by atoms with Crippen molar-refractivity contribution in [2.24, 2.45) is 0 Å². The van der Waals surface area contributed by atoms with E-state index in [1.807, 2.05) is 12.3 Å². The molecule has 2 aliphatic carbocycles. The molecule has 0 atom stereocenters. The minimum atomic E-state index is -1.07. The summed E-state index contributed by atoms with van der Waals surface area (Å²) in [5.74, 6) is -0.110. The van der Waals surface area contributed by atoms with Crippen LogP contribution in [-0.2, 0) is 6.54 Å². The summed E-state index contributed by atoms with van der Waals surface area (Å²) < 4.78 is 29.5. The van der Waals surface area contributed by atoms with E-state index in [1.165, 1.54) is 42.4 Å². The van der Waals surface area contributed by atoms with Crippen LogP contribution in [0.5, 0.6) is 0 Å². The minimum absolute atomic E-state index is 0.00756. The van der Waals surface area contributed by atoms with Crippen LogP contribution in [0, 0.1) is 5.82 Å². The molecule has 1 amide bonds. The summed E-state index contributed by atoms with van der Waals surface area (Å²) in [7, 11) is 0. The fourth-order valence-corrected chi connectivity index (χ4v) is 6.57. The summed E-state index contributed by atoms with van der Waals surface area (Å²) in [6, 6.07) is 8.01. The smallest absolute Gasteiger partial charge is 0.281 e. The number of rotatable bonds is 7. The number of pyridine rings is 1. The first-order valence-electron chi connectivity index (χ1n) is 15.5. The summed E-state index contributed by atoms with van der Waals surface area (Å²) in [5, 5.41) is 0.974. The van der Waals surface area contributed by atoms with Crippen molar-refractivity contribution >= 4 is 16.8 Å². The van der Waals surface area contributed by atoms with E-state index in [2.05, 4.69) is 16.0 Å². The molecule has 0 bridgehead atoms. The lowest BCUT2D eigenvalue weighted by molar-refractivity contribution is 0.0400. The number of nitrogens with zero attached hydrogens (tertiary/aromatic N) is 5. The maximum absolute atomic E-state index is 14.4. The average molecular weight is 585 g/mol. The Morgan fingerprint density at radius 1 is 0.977 bits per heavy atom. The van der Waals surface area contributed by atoms with Crippen molar-refractivity contribution < 1.29 is 13.6 Å². The lowest BCUT2D eigenvalue weighted by atomic mass is 10.00. The number of aromatic nitrogens is 4. The second kappa shape index (κ2) is 10.4. The van der Waals surface area contributed by atoms with Gasteiger partial charge in [0.1, 0.15) is 17.5 Å². The molecular weight excluding hydrogens is 550 g/mol. The number of fused-ring (bicyclic) bond motifs is 1. The number of halogens is 2. The molecule has 5 heterocycles. The van der Waals surface area contributed by atoms with Crippen LogP contribution < -0.4 is 5.56 Å². The van der Waals surface area contributed by atoms with Crippen LogP contribution in [0.4, 0.5) is 8.78 Å². The highest BCUT2D eigenvalue weighted by Gasteiger charge is 2.34. The van der Waals surface area contributed by atoms with Gasteiger partial charge < -0.3 is 9.88 Å². The van der Waals surface area contributed by atoms with E-state index in [0.29, 0.717) is 22.7 Å². The number of carbonyl (C=O) groups is 1. The zero-order valence-corrected chi connectivity index (χ0v) is 24.0. The maximum atomic E-state index is 14.4. The molecule has 43 heavy (non-hydrogen) atoms. The molecular formula is C33H34F2N6O2. The Kier molecular flexibility index (Phi) is 6.43. The summed E-state index contributed by atoms with van der Waals surface area (Å²) in [6.07, 6.45) is 8.62. The molecule has 1 aromatic carbocycles. The van der Waals surface area contributed by atoms with Crippen LogP contribution in [0.25, 0.3) is 28.1 Å². The Bertz CT molecular complexity index is 1800. The SMILES string of the molecule is O=C(c1cc(F)ccc1-c1cc(C2CC2)nc(-n2cc(C3CC3)c3cc(CN4CCCCC4)[nH]c3c2=O)n1)N1CC(F)C1. The first-order valence-corrected chi connectivity index (χ1v) is 15.5. The molecule has 0 radical (unpaired) electrons. The molecule has 4 fully saturated rings. The number of carbonyl (C=O) groups excluding carboxylic acids is 1. The van der Waals surface area contributed by atoms with Crippen LogP contribution in [0.2, 0.25) is 0 Å². The summed E-state index contributed by atoms with van der Waals surface area (Å²) >= 11 is 0. The number of amides is 1. The van der Waals surface area contributed by atoms with E-state index in [0.717, 1.165) is 67.7 Å². The average Bonchev–Trinajstić information content (AvgIpc) is 3.93. The fourth-order valence-electron chi connectivity index (χ4n) is 6.57. The van der Waals surface area contributed by atoms with Crippen LogP contribution >= 0.6 is 0 Å². The lowest BCUT2D eigenvalue weighted by Gasteiger charge is -2.34. The Hall–Kier alpha value is -3.92. The van der Waals surface area contributed by atoms with Crippen molar-refractivity contribution in [2.75, 3.05) is 26.2 Å². The Morgan fingerprint density at radius 2 is 1.74 bits per heavy atom. The van der Waals surface area contributed by atoms with E-state index in [4.69, 9.17) is 9.97 Å². The molecule has 0 unspecified atom stereocenters. The normalized spacial score (nSPS) is 19.6. The number of nitrogens with one attached hydrogen (secondary N) is 1. The highest BCUT2D eigenvalue weighted by atomic mass is 19.1. The number of H-pyrrole nitrogens is 1. The molecule has 10 heteroatoms. The quantitative estimate of drug-likeness (QED) is 0.312. The standard InChI is InChI=1S/C33H34F2N6O2/c34-21-8-9-24(26(12-21)31(42)40-15-22(35)16-40)29-14-28(20-6-7-20)37-33(38-29)41-18-27(19-4-5-19)25-13-23(36-30(25)32(41)43)17-39-10-2-1-3-11-39/h8-9,12-14,18-20,22,36H,1-7,10-11,15-17H2. The van der Waals surface area contributed by atoms with Gasteiger partial charge in [-0.2, -0.15) is 0 Å². The van der Waals surface area contributed by atoms with E-state index in [-0.39, 0.29) is 36.1 Å². The van der Waals surface area contributed by atoms with Gasteiger partial charge in [0.05, 0.1) is 24.3 Å². The third kappa shape index (κ3) is 5.05. The maximum Gasteiger partial charge on any atom is 0.281 e. The van der Waals surface area contributed by atoms with Gasteiger partial charge >= 0.3 is 0 Å². The van der Waals surface area contributed by atoms with E-state index in [1.54, 1.807) is 4.57 Å². The molecule has 8 rings (SSSR count). The Morgan fingerprint density at radius 3 is 2.47 bits per heavy atom. The topological polar surface area (TPSA) is 87.1 Å². The van der Waals surface area contributed by atoms with Crippen molar-refractivity contribution in [3.05, 3.63) is 75.2 Å². The lowest BCUT2D eigenvalue weighted by Crippen LogP contribution is -2.51. The highest BCUT2D eigenvalue weighted by Crippen LogP contribution is 2.43. The largest absolute Gasteiger partial charge is 0.353 e. The number of aromatic amines is 1. The number of likely N-dealkylation sites (tertiary alicyclic amines) is 2. The van der Waals surface area contributed by atoms with Gasteiger partial charge in [0.25, 0.3) is 11.5 Å². The molecule has 4 aromatic rings. The first-order chi connectivity index (χ1) is 20.9. The van der Waals surface area contributed by atoms with Crippen molar-refractivity contribution in [1.82, 2.24) is 29.3 Å². The van der Waals surface area contributed by atoms with Crippen LogP contribution in [0.1, 0.15) is 84.1 Å². The second-order valence-electron chi connectivity index (χ2n) is 12.7. The van der Waals surface area contributed by atoms with Gasteiger partial charge in [0, 0.05) is 41.0 Å². The Balaban J connectivity index is 1.24. The first kappa shape index (κ1) is 26.7. The zero-order chi connectivity index (χ0) is 29.2. The van der Waals surface area contributed by atoms with Crippen molar-refractivity contribution in [3.63, 3.8) is 0 Å². The molecule has 222 valence electrons. The molecule has 3 aromatic heterocycles. The van der Waals surface area contributed by atoms with Gasteiger partial charge in [-0.15, -0.1) is 0 Å². The van der Waals surface area contributed by atoms with E-state index < -0.39 is 17.9 Å². The second-order valence-corrected chi connectivity index (χ2v) is 12.7. The van der Waals surface area contributed by atoms with Crippen LogP contribution in [-0.4, -0.2) is 67.6 Å². The van der Waals surface area contributed by atoms with Gasteiger partial charge in [0.2, 0.25) is 5.95 Å². The van der Waals surface area contributed by atoms with Gasteiger partial charge in [0.15, 0.2) is 0 Å². The molecule has 2 saturated heterocycles. The summed E-state index contributed by atoms with van der Waals surface area (Å²) in [4.78, 5) is 44.3. The van der Waals surface area contributed by atoms with Gasteiger partial charge in [-0.3, -0.25) is 14.5 Å². The number of piperidine rings is 1. The zero-order valence-electron chi connectivity index (χ0n) is 24.0. The molecule has 2 saturated carbocycles. The monoisotopic (exact) mass is 584 g/mol. The van der Waals surface area contributed by atoms with E-state index in [9.17, 15) is 18.4 Å². The number of hydrogen-bond donors (Lipinski definition) is 1. The Labute approximate surface area is 247 Å². The molecule has 2 aliphatic heterocycles. The number of alkyl halides is 1. The predicted molar refractivity (Wildman–Crippen MR) is 159 cm³/mol. The number of hydrogen-bond acceptors (Lipinski definition) is 5. The van der Waals surface area contributed by atoms with Crippen LogP contribution in [0.15, 0.2) is 41.3 Å². The summed E-state index contributed by atoms with van der Waals surface area (Å²) in [6.45, 7) is 2.91. The summed E-state index contributed by atoms with van der Waals surface area (Å²) in [5.41, 5.74) is 4.33. The predicted octanol–water partition coefficient (Wildman–Crippen LogP) is 5.45. The highest BCUT2D eigenvalue weighted by molar-refractivity contribution is 6.01. The third-order valence-electron chi connectivity index (χ3n) is 9.30. The third-order valence-corrected chi connectivity index (χ3v) is 9.30. The van der Waals surface area contributed by atoms with Crippen molar-refractivity contribution in [3.8, 4) is 17.2 Å². The van der Waals surface area contributed by atoms with Crippen molar-refractivity contribution in [2.45, 2.75) is 69.5 Å². The van der Waals surface area contributed by atoms with Gasteiger partial charge in [-0.05, 0) is 93.4 Å².